The van der Waals surface area contributed by atoms with Crippen molar-refractivity contribution in [1.82, 2.24) is 20.3 Å². The second kappa shape index (κ2) is 8.87. The van der Waals surface area contributed by atoms with Crippen LogP contribution in [0.5, 0.6) is 0 Å². The van der Waals surface area contributed by atoms with Crippen molar-refractivity contribution in [2.24, 2.45) is 0 Å². The van der Waals surface area contributed by atoms with E-state index in [9.17, 15) is 4.79 Å². The Hall–Kier alpha value is -3.52. The largest absolute Gasteiger partial charge is 0.360 e. The Morgan fingerprint density at radius 2 is 1.60 bits per heavy atom. The van der Waals surface area contributed by atoms with Crippen molar-refractivity contribution in [3.8, 4) is 22.5 Å². The quantitative estimate of drug-likeness (QED) is 0.457. The van der Waals surface area contributed by atoms with Crippen molar-refractivity contribution in [3.05, 3.63) is 72.5 Å². The number of aromatic nitrogens is 4. The summed E-state index contributed by atoms with van der Waals surface area (Å²) < 4.78 is 4.98. The lowest BCUT2D eigenvalue weighted by atomic mass is 10.0. The van der Waals surface area contributed by atoms with Gasteiger partial charge in [0.2, 0.25) is 11.1 Å². The number of hydrogen-bond acceptors (Lipinski definition) is 7. The van der Waals surface area contributed by atoms with E-state index in [1.54, 1.807) is 19.9 Å². The molecule has 0 aliphatic rings. The number of hydrogen-bond donors (Lipinski definition) is 1. The minimum absolute atomic E-state index is 0.217. The summed E-state index contributed by atoms with van der Waals surface area (Å²) in [5, 5.41) is 15.2. The van der Waals surface area contributed by atoms with E-state index in [1.807, 2.05) is 60.7 Å². The van der Waals surface area contributed by atoms with Gasteiger partial charge in [0.05, 0.1) is 5.25 Å². The number of rotatable bonds is 6. The number of carbonyl (C=O) groups excluding carboxylic acids is 1. The molecule has 4 rings (SSSR count). The standard InChI is InChI=1S/C22H19N5O2S/c1-14-13-18(27-29-14)23-21(28)15(2)30-22-24-19(16-9-5-3-6-10-16)20(25-26-22)17-11-7-4-8-12-17/h3-13,15H,1-2H3,(H,23,27,28)/t15-/m0/s1. The van der Waals surface area contributed by atoms with Crippen molar-refractivity contribution in [2.45, 2.75) is 24.3 Å². The zero-order valence-corrected chi connectivity index (χ0v) is 17.3. The van der Waals surface area contributed by atoms with E-state index in [-0.39, 0.29) is 5.91 Å². The molecule has 0 spiro atoms. The first-order chi connectivity index (χ1) is 14.6. The van der Waals surface area contributed by atoms with Crippen LogP contribution in [-0.2, 0) is 4.79 Å². The van der Waals surface area contributed by atoms with Crippen molar-refractivity contribution in [2.75, 3.05) is 5.32 Å². The van der Waals surface area contributed by atoms with Crippen molar-refractivity contribution >= 4 is 23.5 Å². The van der Waals surface area contributed by atoms with Gasteiger partial charge < -0.3 is 9.84 Å². The zero-order valence-electron chi connectivity index (χ0n) is 16.4. The van der Waals surface area contributed by atoms with Gasteiger partial charge >= 0.3 is 0 Å². The van der Waals surface area contributed by atoms with E-state index < -0.39 is 5.25 Å². The number of aryl methyl sites for hydroxylation is 1. The highest BCUT2D eigenvalue weighted by atomic mass is 32.2. The summed E-state index contributed by atoms with van der Waals surface area (Å²) in [6.07, 6.45) is 0. The Labute approximate surface area is 177 Å². The lowest BCUT2D eigenvalue weighted by molar-refractivity contribution is -0.115. The van der Waals surface area contributed by atoms with Crippen LogP contribution in [0.15, 0.2) is 76.4 Å². The first-order valence-electron chi connectivity index (χ1n) is 9.36. The van der Waals surface area contributed by atoms with E-state index in [1.165, 1.54) is 11.8 Å². The maximum Gasteiger partial charge on any atom is 0.238 e. The second-order valence-corrected chi connectivity index (χ2v) is 7.90. The van der Waals surface area contributed by atoms with Crippen LogP contribution in [-0.4, -0.2) is 31.5 Å². The van der Waals surface area contributed by atoms with Gasteiger partial charge in [-0.05, 0) is 13.8 Å². The molecule has 2 heterocycles. The van der Waals surface area contributed by atoms with Crippen LogP contribution in [0, 0.1) is 6.92 Å². The summed E-state index contributed by atoms with van der Waals surface area (Å²) in [5.41, 5.74) is 3.28. The maximum atomic E-state index is 12.5. The number of carbonyl (C=O) groups is 1. The molecular weight excluding hydrogens is 398 g/mol. The minimum Gasteiger partial charge on any atom is -0.360 e. The number of nitrogens with one attached hydrogen (secondary N) is 1. The van der Waals surface area contributed by atoms with Crippen molar-refractivity contribution in [3.63, 3.8) is 0 Å². The summed E-state index contributed by atoms with van der Waals surface area (Å²) in [4.78, 5) is 17.2. The van der Waals surface area contributed by atoms with Crippen LogP contribution in [0.25, 0.3) is 22.5 Å². The van der Waals surface area contributed by atoms with Gasteiger partial charge in [-0.1, -0.05) is 77.6 Å². The van der Waals surface area contributed by atoms with Crippen LogP contribution in [0.2, 0.25) is 0 Å². The van der Waals surface area contributed by atoms with E-state index >= 15 is 0 Å². The monoisotopic (exact) mass is 417 g/mol. The third-order valence-electron chi connectivity index (χ3n) is 4.29. The van der Waals surface area contributed by atoms with Gasteiger partial charge in [0.25, 0.3) is 0 Å². The molecule has 1 N–H and O–H groups in total. The topological polar surface area (TPSA) is 93.8 Å². The number of thioether (sulfide) groups is 1. The summed E-state index contributed by atoms with van der Waals surface area (Å²) in [7, 11) is 0. The molecule has 0 saturated carbocycles. The molecule has 0 radical (unpaired) electrons. The average molecular weight is 417 g/mol. The smallest absolute Gasteiger partial charge is 0.238 e. The van der Waals surface area contributed by atoms with Gasteiger partial charge in [-0.15, -0.1) is 10.2 Å². The molecule has 0 fully saturated rings. The SMILES string of the molecule is Cc1cc(NC(=O)[C@H](C)Sc2nnc(-c3ccccc3)c(-c3ccccc3)n2)no1. The average Bonchev–Trinajstić information content (AvgIpc) is 3.19. The Morgan fingerprint density at radius 1 is 0.967 bits per heavy atom. The van der Waals surface area contributed by atoms with Crippen molar-refractivity contribution in [1.29, 1.82) is 0 Å². The predicted molar refractivity (Wildman–Crippen MR) is 116 cm³/mol. The summed E-state index contributed by atoms with van der Waals surface area (Å²) in [6, 6.07) is 21.3. The molecule has 0 saturated heterocycles. The zero-order chi connectivity index (χ0) is 20.9. The van der Waals surface area contributed by atoms with Gasteiger partial charge in [-0.25, -0.2) is 4.98 Å². The first kappa shape index (κ1) is 19.8. The molecule has 2 aromatic carbocycles. The second-order valence-electron chi connectivity index (χ2n) is 6.60. The lowest BCUT2D eigenvalue weighted by Gasteiger charge is -2.12. The fourth-order valence-electron chi connectivity index (χ4n) is 2.81. The number of benzene rings is 2. The fraction of sp³-hybridized carbons (Fsp3) is 0.136. The van der Waals surface area contributed by atoms with Gasteiger partial charge in [0.1, 0.15) is 17.1 Å². The van der Waals surface area contributed by atoms with Crippen LogP contribution in [0.3, 0.4) is 0 Å². The Bertz CT molecular complexity index is 1150. The normalized spacial score (nSPS) is 11.8. The van der Waals surface area contributed by atoms with Gasteiger partial charge in [0.15, 0.2) is 5.82 Å². The van der Waals surface area contributed by atoms with E-state index in [4.69, 9.17) is 9.51 Å². The fourth-order valence-corrected chi connectivity index (χ4v) is 3.53. The van der Waals surface area contributed by atoms with Gasteiger partial charge in [-0.2, -0.15) is 0 Å². The summed E-state index contributed by atoms with van der Waals surface area (Å²) >= 11 is 1.24. The van der Waals surface area contributed by atoms with Crippen LogP contribution < -0.4 is 5.32 Å². The van der Waals surface area contributed by atoms with Crippen LogP contribution in [0.1, 0.15) is 12.7 Å². The Balaban J connectivity index is 1.60. The summed E-state index contributed by atoms with van der Waals surface area (Å²) in [6.45, 7) is 3.54. The maximum absolute atomic E-state index is 12.5. The Morgan fingerprint density at radius 3 is 2.20 bits per heavy atom. The molecule has 7 nitrogen and oxygen atoms in total. The lowest BCUT2D eigenvalue weighted by Crippen LogP contribution is -2.23. The molecular formula is C22H19N5O2S. The third-order valence-corrected chi connectivity index (χ3v) is 5.24. The molecule has 0 unspecified atom stereocenters. The molecule has 1 amide bonds. The van der Waals surface area contributed by atoms with Crippen molar-refractivity contribution < 1.29 is 9.32 Å². The molecule has 4 aromatic rings. The predicted octanol–water partition coefficient (Wildman–Crippen LogP) is 4.62. The highest BCUT2D eigenvalue weighted by Gasteiger charge is 2.20. The number of amides is 1. The molecule has 1 atom stereocenters. The Kier molecular flexibility index (Phi) is 5.85. The molecule has 2 aromatic heterocycles. The third kappa shape index (κ3) is 4.55. The van der Waals surface area contributed by atoms with Gasteiger partial charge in [-0.3, -0.25) is 4.79 Å². The summed E-state index contributed by atoms with van der Waals surface area (Å²) in [5.74, 6) is 0.792. The van der Waals surface area contributed by atoms with Crippen LogP contribution in [0.4, 0.5) is 5.82 Å². The first-order valence-corrected chi connectivity index (χ1v) is 10.2. The minimum atomic E-state index is -0.449. The molecule has 8 heteroatoms. The number of nitrogens with zero attached hydrogens (tertiary/aromatic N) is 4. The van der Waals surface area contributed by atoms with E-state index in [2.05, 4.69) is 20.7 Å². The molecule has 150 valence electrons. The van der Waals surface area contributed by atoms with Crippen LogP contribution >= 0.6 is 11.8 Å². The van der Waals surface area contributed by atoms with Gasteiger partial charge in [0, 0.05) is 17.2 Å². The van der Waals surface area contributed by atoms with E-state index in [0.717, 1.165) is 16.8 Å². The number of anilines is 1. The van der Waals surface area contributed by atoms with E-state index in [0.29, 0.717) is 22.4 Å². The molecule has 0 aliphatic carbocycles. The molecule has 30 heavy (non-hydrogen) atoms. The highest BCUT2D eigenvalue weighted by Crippen LogP contribution is 2.30. The molecule has 0 aliphatic heterocycles. The molecule has 0 bridgehead atoms. The highest BCUT2D eigenvalue weighted by molar-refractivity contribution is 8.00.